The Labute approximate surface area is 608 Å². The van der Waals surface area contributed by atoms with Crippen LogP contribution in [-0.4, -0.2) is 207 Å². The molecule has 3 radical (unpaired) electrons. The number of aryl methyl sites for hydroxylation is 1. The van der Waals surface area contributed by atoms with E-state index in [9.17, 15) is 9.00 Å². The maximum absolute atomic E-state index is 11.1. The second kappa shape index (κ2) is 75.4. The summed E-state index contributed by atoms with van der Waals surface area (Å²) in [4.78, 5) is 46.3. The van der Waals surface area contributed by atoms with E-state index < -0.39 is 17.7 Å². The Morgan fingerprint density at radius 3 is 1.30 bits per heavy atom. The van der Waals surface area contributed by atoms with Gasteiger partial charge in [-0.3, -0.25) is 13.9 Å². The first-order chi connectivity index (χ1) is 37.8. The number of thiol groups is 3. The van der Waals surface area contributed by atoms with Crippen LogP contribution >= 0.6 is 84.3 Å². The van der Waals surface area contributed by atoms with Gasteiger partial charge in [0.05, 0.1) is 17.2 Å². The Morgan fingerprint density at radius 2 is 0.942 bits per heavy atom. The van der Waals surface area contributed by atoms with Crippen LogP contribution in [-0.2, 0) is 31.6 Å². The fraction of sp³-hybridized carbons (Fsp3) is 0.756. The van der Waals surface area contributed by atoms with Gasteiger partial charge >= 0.3 is 114 Å². The zero-order chi connectivity index (χ0) is 61.6. The number of carbonyl (C=O) groups excluding carboxylic acids is 1. The normalized spacial score (nSPS) is 11.1. The summed E-state index contributed by atoms with van der Waals surface area (Å²) in [6.07, 6.45) is 23.3. The minimum absolute atomic E-state index is 0. The van der Waals surface area contributed by atoms with Crippen molar-refractivity contribution in [3.8, 4) is 6.01 Å². The largest absolute Gasteiger partial charge is 2.00 e. The van der Waals surface area contributed by atoms with E-state index in [0.717, 1.165) is 129 Å². The summed E-state index contributed by atoms with van der Waals surface area (Å²) in [6.45, 7) is 10.6. The summed E-state index contributed by atoms with van der Waals surface area (Å²) in [6, 6.07) is 0.299. The summed E-state index contributed by atoms with van der Waals surface area (Å²) in [5, 5.41) is 7.95. The molecule has 0 aliphatic rings. The molecule has 0 spiro atoms. The molecule has 0 bridgehead atoms. The Balaban J connectivity index is -0.0000000884. The number of carbonyl (C=O) groups is 1. The van der Waals surface area contributed by atoms with Gasteiger partial charge in [0, 0.05) is 18.9 Å². The zero-order valence-corrected chi connectivity index (χ0v) is 62.4. The summed E-state index contributed by atoms with van der Waals surface area (Å²) < 4.78 is 63.3. The smallest absolute Gasteiger partial charge is 1.00 e. The van der Waals surface area contributed by atoms with Crippen molar-refractivity contribution in [2.75, 3.05) is 36.6 Å². The molecule has 3 atom stereocenters. The molecule has 0 aliphatic heterocycles. The SMILES string of the molecule is C.CCCCC(=O)CCCCCN.CCCCC(CCCCCN)Oc1nc(Cl)nc([B]CS)n1.Cc1nc(Cl)nc([B]CS)n1.O.O=S(=O)(O)O.O=[S](O)(=[Mg])OO.SC[B]c1nc(Cl)nc(Cl)n1.[CH2-]OC(CCCC)CCCCCN.[Cl-].[H-].[Mg+2].[Na+].[OH-]. The third-order valence-electron chi connectivity index (χ3n) is 9.57. The Bertz CT molecular complexity index is 2140. The van der Waals surface area contributed by atoms with E-state index in [-0.39, 0.29) is 112 Å². The van der Waals surface area contributed by atoms with Crippen molar-refractivity contribution in [1.82, 2.24) is 44.9 Å². The van der Waals surface area contributed by atoms with Gasteiger partial charge < -0.3 is 51.5 Å². The topological polar surface area (TPSA) is 432 Å². The van der Waals surface area contributed by atoms with Crippen LogP contribution in [0.4, 0.5) is 0 Å². The van der Waals surface area contributed by atoms with Gasteiger partial charge in [0.2, 0.25) is 43.0 Å². The predicted molar refractivity (Wildman–Crippen MR) is 356 cm³/mol. The fourth-order valence-electron chi connectivity index (χ4n) is 5.84. The number of ketones is 1. The third-order valence-corrected chi connectivity index (χ3v) is 11.3. The number of Topliss-reactive ketones (excluding diaryl/α,β-unsaturated/α-hetero) is 1. The molecule has 3 heterocycles. The molecule has 0 aliphatic carbocycles. The van der Waals surface area contributed by atoms with Gasteiger partial charge in [0.25, 0.3) is 0 Å². The van der Waals surface area contributed by atoms with Crippen molar-refractivity contribution in [3.05, 3.63) is 34.1 Å². The fourth-order valence-corrected chi connectivity index (χ4v) is 7.08. The maximum Gasteiger partial charge on any atom is 2.00 e. The molecule has 3 aromatic heterocycles. The number of nitrogens with two attached hydrogens (primary N) is 3. The first-order valence-corrected chi connectivity index (χ1v) is 34.0. The van der Waals surface area contributed by atoms with Crippen LogP contribution < -0.4 is 81.1 Å². The molecule has 25 nitrogen and oxygen atoms in total. The Morgan fingerprint density at radius 1 is 0.616 bits per heavy atom. The third kappa shape index (κ3) is 83.4. The van der Waals surface area contributed by atoms with Gasteiger partial charge in [-0.05, 0) is 154 Å². The van der Waals surface area contributed by atoms with E-state index in [1.165, 1.54) is 25.7 Å². The van der Waals surface area contributed by atoms with Crippen LogP contribution in [0, 0.1) is 14.0 Å². The zero-order valence-electron chi connectivity index (χ0n) is 50.5. The molecule has 0 fully saturated rings. The van der Waals surface area contributed by atoms with Gasteiger partial charge in [0.15, 0.2) is 0 Å². The van der Waals surface area contributed by atoms with Crippen LogP contribution in [0.25, 0.3) is 0 Å². The number of hydrogen-bond donors (Lipinski definition) is 10. The van der Waals surface area contributed by atoms with Crippen molar-refractivity contribution in [1.29, 1.82) is 0 Å². The molecule has 41 heteroatoms. The van der Waals surface area contributed by atoms with Crippen LogP contribution in [0.1, 0.15) is 170 Å². The quantitative estimate of drug-likeness (QED) is 0.00700. The van der Waals surface area contributed by atoms with E-state index >= 15 is 0 Å². The van der Waals surface area contributed by atoms with Gasteiger partial charge in [-0.25, -0.2) is 37.0 Å². The average molecular weight is 1450 g/mol. The van der Waals surface area contributed by atoms with E-state index in [1.807, 2.05) is 0 Å². The molecular weight excluding hydrogens is 1360 g/mol. The molecule has 0 saturated carbocycles. The van der Waals surface area contributed by atoms with Gasteiger partial charge in [0.1, 0.15) is 17.7 Å². The van der Waals surface area contributed by atoms with Crippen LogP contribution in [0.15, 0.2) is 0 Å². The van der Waals surface area contributed by atoms with E-state index in [2.05, 4.69) is 115 Å². The molecule has 489 valence electrons. The molecule has 3 aromatic rings. The molecule has 13 N–H and O–H groups in total. The van der Waals surface area contributed by atoms with Crippen molar-refractivity contribution < 1.29 is 104 Å². The number of hydrogen-bond acceptors (Lipinski definition) is 24. The Kier molecular flexibility index (Phi) is 95.5. The maximum atomic E-state index is 11.1. The second-order valence-electron chi connectivity index (χ2n) is 16.6. The molecule has 3 rings (SSSR count). The molecular formula is C45H91B3Cl5Mg2N12NaO13S5-. The van der Waals surface area contributed by atoms with Crippen molar-refractivity contribution >= 4 is 190 Å². The summed E-state index contributed by atoms with van der Waals surface area (Å²) in [5.41, 5.74) is 19.5. The molecule has 0 amide bonds. The summed E-state index contributed by atoms with van der Waals surface area (Å²) >= 11 is 35.2. The standard InChI is InChI=1S/C14H25BClN4OS.C11H24NO.C10H21NO.C5H6BClN3S.C4H3BCl2N3S.CH4.ClH.2Mg.Na.2H2O4S.2H2O.H/c1-2-3-7-11(8-5-4-6-9-17)21-14-19-12(15-10-22)18-13(16)20-14;1-3-4-8-11(13-2)9-6-5-7-10-12;1-2-3-7-10(12)8-5-4-6-9-11;1-3-8-4(6-2-11)10-5(7)9-3;6-3-8-2(5-1-11)9-4(7)10-3;;;;;;1-5(2,3)4;1-4-5(2)3;;;/h11,22H,2-10,17H2,1H3;11H,2-10,12H2,1H3;2-9,11H2,1H3;11H,2H2,1H3;11H,1H2;1H4;1H;;;;(H2,1,2,3,4);1H,(H,2,3);2*1H2;/q;-1;;;;;;;+2;+1;;;;;-1/p-2. The second-order valence-corrected chi connectivity index (χ2v) is 23.4. The van der Waals surface area contributed by atoms with Crippen LogP contribution in [0.5, 0.6) is 6.01 Å². The van der Waals surface area contributed by atoms with Gasteiger partial charge in [-0.15, -0.1) is 0 Å². The molecule has 3 unspecified atom stereocenters. The summed E-state index contributed by atoms with van der Waals surface area (Å²) in [5.74, 6) is 1.05. The number of unbranched alkanes of at least 4 members (excludes halogenated alkanes) is 9. The first kappa shape index (κ1) is 109. The van der Waals surface area contributed by atoms with Crippen LogP contribution in [0.3, 0.4) is 0 Å². The summed E-state index contributed by atoms with van der Waals surface area (Å²) in [7, 11) is 0.738. The van der Waals surface area contributed by atoms with Crippen molar-refractivity contribution in [3.63, 3.8) is 0 Å². The number of rotatable bonds is 34. The van der Waals surface area contributed by atoms with E-state index in [1.54, 1.807) is 28.8 Å². The minimum Gasteiger partial charge on any atom is -1.00 e. The monoisotopic (exact) mass is 1450 g/mol. The van der Waals surface area contributed by atoms with E-state index in [0.29, 0.717) is 77.7 Å². The van der Waals surface area contributed by atoms with Crippen LogP contribution in [0.2, 0.25) is 21.1 Å². The molecule has 86 heavy (non-hydrogen) atoms. The van der Waals surface area contributed by atoms with Crippen molar-refractivity contribution in [2.45, 2.75) is 182 Å². The number of ether oxygens (including phenoxy) is 2. The Hall–Kier alpha value is 1.39. The number of halogens is 5. The van der Waals surface area contributed by atoms with E-state index in [4.69, 9.17) is 100 Å². The van der Waals surface area contributed by atoms with Gasteiger partial charge in [-0.2, -0.15) is 61.3 Å². The van der Waals surface area contributed by atoms with Crippen molar-refractivity contribution in [2.24, 2.45) is 17.2 Å². The van der Waals surface area contributed by atoms with Gasteiger partial charge in [-0.1, -0.05) is 86.0 Å². The minimum atomic E-state index is -4.67. The number of nitrogens with zero attached hydrogens (tertiary/aromatic N) is 9. The number of aromatic nitrogens is 9. The average Bonchev–Trinajstić information content (AvgIpc) is 3.40. The molecule has 0 aromatic carbocycles. The molecule has 0 saturated heterocycles. The first-order valence-electron chi connectivity index (χ1n) is 25.9. The predicted octanol–water partition coefficient (Wildman–Crippen LogP) is -0.265.